The largest absolute Gasteiger partial charge is 0.494 e. The second-order valence-electron chi connectivity index (χ2n) is 4.81. The second kappa shape index (κ2) is 7.36. The first-order chi connectivity index (χ1) is 8.57. The zero-order chi connectivity index (χ0) is 13.4. The van der Waals surface area contributed by atoms with Gasteiger partial charge in [0.25, 0.3) is 0 Å². The van der Waals surface area contributed by atoms with E-state index in [4.69, 9.17) is 15.6 Å². The quantitative estimate of drug-likeness (QED) is 0.613. The van der Waals surface area contributed by atoms with Crippen molar-refractivity contribution in [1.82, 2.24) is 0 Å². The molecule has 0 heterocycles. The summed E-state index contributed by atoms with van der Waals surface area (Å²) in [5, 5.41) is 18.6. The molecule has 0 aliphatic carbocycles. The van der Waals surface area contributed by atoms with Gasteiger partial charge in [0.05, 0.1) is 18.8 Å². The molecule has 4 heteroatoms. The van der Waals surface area contributed by atoms with Crippen molar-refractivity contribution in [3.63, 3.8) is 0 Å². The molecular weight excluding hydrogens is 230 g/mol. The van der Waals surface area contributed by atoms with Gasteiger partial charge in [0.15, 0.2) is 0 Å². The summed E-state index contributed by atoms with van der Waals surface area (Å²) in [6.45, 7) is 2.71. The van der Waals surface area contributed by atoms with Crippen molar-refractivity contribution in [2.75, 3.05) is 13.2 Å². The van der Waals surface area contributed by atoms with Crippen LogP contribution in [0.3, 0.4) is 0 Å². The summed E-state index contributed by atoms with van der Waals surface area (Å²) in [6, 6.07) is 7.38. The van der Waals surface area contributed by atoms with Crippen LogP contribution in [0.1, 0.15) is 31.7 Å². The average Bonchev–Trinajstić information content (AvgIpc) is 2.39. The molecule has 0 aromatic heterocycles. The minimum atomic E-state index is -0.761. The van der Waals surface area contributed by atoms with E-state index in [0.717, 1.165) is 24.2 Å². The lowest BCUT2D eigenvalue weighted by Gasteiger charge is -2.20. The maximum absolute atomic E-state index is 9.71. The number of rotatable bonds is 8. The minimum absolute atomic E-state index is 0.0501. The zero-order valence-electron chi connectivity index (χ0n) is 10.9. The van der Waals surface area contributed by atoms with Gasteiger partial charge in [-0.3, -0.25) is 0 Å². The van der Waals surface area contributed by atoms with Gasteiger partial charge in [-0.1, -0.05) is 12.1 Å². The Hall–Kier alpha value is -1.10. The molecule has 0 spiro atoms. The van der Waals surface area contributed by atoms with Crippen LogP contribution in [0, 0.1) is 0 Å². The third kappa shape index (κ3) is 5.49. The highest BCUT2D eigenvalue weighted by Crippen LogP contribution is 2.14. The lowest BCUT2D eigenvalue weighted by Crippen LogP contribution is -2.33. The Bertz CT molecular complexity index is 335. The Morgan fingerprint density at radius 3 is 2.44 bits per heavy atom. The van der Waals surface area contributed by atoms with Crippen molar-refractivity contribution < 1.29 is 14.9 Å². The topological polar surface area (TPSA) is 75.7 Å². The summed E-state index contributed by atoms with van der Waals surface area (Å²) >= 11 is 0. The molecule has 0 fully saturated rings. The summed E-state index contributed by atoms with van der Waals surface area (Å²) < 4.78 is 5.56. The van der Waals surface area contributed by atoms with Gasteiger partial charge in [-0.25, -0.2) is 0 Å². The summed E-state index contributed by atoms with van der Waals surface area (Å²) in [5.41, 5.74) is 5.55. The molecule has 1 atom stereocenters. The van der Waals surface area contributed by atoms with Crippen LogP contribution in [0.2, 0.25) is 0 Å². The molecule has 0 radical (unpaired) electrons. The normalized spacial score (nSPS) is 14.2. The summed E-state index contributed by atoms with van der Waals surface area (Å²) in [5.74, 6) is 0.804. The molecule has 0 saturated heterocycles. The Morgan fingerprint density at radius 1 is 1.22 bits per heavy atom. The van der Waals surface area contributed by atoms with Crippen LogP contribution in [-0.4, -0.2) is 29.0 Å². The number of ether oxygens (including phenoxy) is 1. The highest BCUT2D eigenvalue weighted by molar-refractivity contribution is 5.26. The van der Waals surface area contributed by atoms with E-state index >= 15 is 0 Å². The monoisotopic (exact) mass is 253 g/mol. The van der Waals surface area contributed by atoms with E-state index in [2.05, 4.69) is 0 Å². The van der Waals surface area contributed by atoms with Gasteiger partial charge < -0.3 is 20.7 Å². The number of aliphatic hydroxyl groups is 2. The number of aliphatic hydroxyl groups excluding tert-OH is 1. The highest BCUT2D eigenvalue weighted by Gasteiger charge is 2.16. The molecule has 1 unspecified atom stereocenters. The predicted octanol–water partition coefficient (Wildman–Crippen LogP) is 1.44. The van der Waals surface area contributed by atoms with Crippen LogP contribution in [0.5, 0.6) is 5.75 Å². The first kappa shape index (κ1) is 15.0. The van der Waals surface area contributed by atoms with Crippen LogP contribution in [0.15, 0.2) is 24.3 Å². The number of benzene rings is 1. The molecule has 0 bridgehead atoms. The Kier molecular flexibility index (Phi) is 6.12. The lowest BCUT2D eigenvalue weighted by molar-refractivity contribution is 0.0562. The van der Waals surface area contributed by atoms with E-state index in [0.29, 0.717) is 13.0 Å². The first-order valence-electron chi connectivity index (χ1n) is 6.32. The Labute approximate surface area is 108 Å². The van der Waals surface area contributed by atoms with Crippen LogP contribution in [0.25, 0.3) is 0 Å². The molecule has 1 aromatic rings. The van der Waals surface area contributed by atoms with Gasteiger partial charge in [0, 0.05) is 6.54 Å². The number of hydrogen-bond donors (Lipinski definition) is 3. The fraction of sp³-hybridized carbons (Fsp3) is 0.571. The van der Waals surface area contributed by atoms with Crippen LogP contribution in [-0.2, 0) is 6.61 Å². The number of nitrogens with two attached hydrogens (primary N) is 1. The smallest absolute Gasteiger partial charge is 0.119 e. The van der Waals surface area contributed by atoms with E-state index in [1.807, 2.05) is 24.3 Å². The maximum atomic E-state index is 9.71. The molecule has 1 rings (SSSR count). The van der Waals surface area contributed by atoms with E-state index in [-0.39, 0.29) is 13.2 Å². The van der Waals surface area contributed by atoms with E-state index in [9.17, 15) is 5.11 Å². The van der Waals surface area contributed by atoms with Crippen molar-refractivity contribution >= 4 is 0 Å². The zero-order valence-corrected chi connectivity index (χ0v) is 10.9. The molecule has 0 aliphatic heterocycles. The Balaban J connectivity index is 2.17. The summed E-state index contributed by atoms with van der Waals surface area (Å²) in [7, 11) is 0. The summed E-state index contributed by atoms with van der Waals surface area (Å²) in [4.78, 5) is 0. The lowest BCUT2D eigenvalue weighted by atomic mass is 10.00. The highest BCUT2D eigenvalue weighted by atomic mass is 16.5. The third-order valence-corrected chi connectivity index (χ3v) is 2.92. The second-order valence-corrected chi connectivity index (χ2v) is 4.81. The molecule has 18 heavy (non-hydrogen) atoms. The van der Waals surface area contributed by atoms with Gasteiger partial charge in [-0.05, 0) is 43.9 Å². The Morgan fingerprint density at radius 2 is 1.89 bits per heavy atom. The molecule has 0 saturated carbocycles. The number of hydrogen-bond acceptors (Lipinski definition) is 4. The molecular formula is C14H23NO3. The van der Waals surface area contributed by atoms with Gasteiger partial charge >= 0.3 is 0 Å². The standard InChI is InChI=1S/C14H23NO3/c1-14(17,11-15)8-2-3-9-18-13-6-4-12(10-16)5-7-13/h4-7,16-17H,2-3,8-11,15H2,1H3. The van der Waals surface area contributed by atoms with Crippen molar-refractivity contribution in [1.29, 1.82) is 0 Å². The SMILES string of the molecule is CC(O)(CN)CCCCOc1ccc(CO)cc1. The molecule has 1 aromatic carbocycles. The fourth-order valence-corrected chi connectivity index (χ4v) is 1.59. The molecule has 0 aliphatic rings. The summed E-state index contributed by atoms with van der Waals surface area (Å²) in [6.07, 6.45) is 2.47. The molecule has 0 amide bonds. The molecule has 102 valence electrons. The van der Waals surface area contributed by atoms with Gasteiger partial charge in [-0.2, -0.15) is 0 Å². The van der Waals surface area contributed by atoms with Gasteiger partial charge in [0.2, 0.25) is 0 Å². The molecule has 4 nitrogen and oxygen atoms in total. The number of unbranched alkanes of at least 4 members (excludes halogenated alkanes) is 1. The van der Waals surface area contributed by atoms with Gasteiger partial charge in [-0.15, -0.1) is 0 Å². The third-order valence-electron chi connectivity index (χ3n) is 2.92. The van der Waals surface area contributed by atoms with Gasteiger partial charge in [0.1, 0.15) is 5.75 Å². The maximum Gasteiger partial charge on any atom is 0.119 e. The van der Waals surface area contributed by atoms with E-state index in [1.165, 1.54) is 0 Å². The van der Waals surface area contributed by atoms with Crippen LogP contribution < -0.4 is 10.5 Å². The van der Waals surface area contributed by atoms with Crippen molar-refractivity contribution in [3.8, 4) is 5.75 Å². The fourth-order valence-electron chi connectivity index (χ4n) is 1.59. The van der Waals surface area contributed by atoms with Crippen molar-refractivity contribution in [2.45, 2.75) is 38.4 Å². The van der Waals surface area contributed by atoms with Crippen molar-refractivity contribution in [3.05, 3.63) is 29.8 Å². The van der Waals surface area contributed by atoms with E-state index < -0.39 is 5.60 Å². The predicted molar refractivity (Wildman–Crippen MR) is 71.4 cm³/mol. The average molecular weight is 253 g/mol. The minimum Gasteiger partial charge on any atom is -0.494 e. The van der Waals surface area contributed by atoms with Crippen molar-refractivity contribution in [2.24, 2.45) is 5.73 Å². The van der Waals surface area contributed by atoms with Crippen LogP contribution >= 0.6 is 0 Å². The molecule has 4 N–H and O–H groups in total. The van der Waals surface area contributed by atoms with E-state index in [1.54, 1.807) is 6.92 Å². The first-order valence-corrected chi connectivity index (χ1v) is 6.32. The van der Waals surface area contributed by atoms with Crippen LogP contribution in [0.4, 0.5) is 0 Å².